The van der Waals surface area contributed by atoms with Crippen LogP contribution in [0.15, 0.2) is 42.7 Å². The molecule has 3 rings (SSSR count). The van der Waals surface area contributed by atoms with Gasteiger partial charge in [-0.15, -0.1) is 0 Å². The smallest absolute Gasteiger partial charge is 0.255 e. The van der Waals surface area contributed by atoms with Crippen LogP contribution in [0.1, 0.15) is 34.6 Å². The average molecular weight is 322 g/mol. The van der Waals surface area contributed by atoms with Gasteiger partial charge in [-0.1, -0.05) is 6.07 Å². The summed E-state index contributed by atoms with van der Waals surface area (Å²) in [4.78, 5) is 22.5. The molecule has 3 heterocycles. The summed E-state index contributed by atoms with van der Waals surface area (Å²) in [7, 11) is 0. The molecule has 24 heavy (non-hydrogen) atoms. The van der Waals surface area contributed by atoms with Crippen molar-refractivity contribution in [3.05, 3.63) is 59.7 Å². The zero-order valence-corrected chi connectivity index (χ0v) is 13.3. The van der Waals surface area contributed by atoms with Crippen LogP contribution in [0.2, 0.25) is 0 Å². The lowest BCUT2D eigenvalue weighted by Crippen LogP contribution is -2.43. The van der Waals surface area contributed by atoms with Crippen molar-refractivity contribution < 1.29 is 9.53 Å². The molecule has 2 aromatic heterocycles. The number of aromatic nitrogens is 2. The van der Waals surface area contributed by atoms with Crippen LogP contribution in [0.4, 0.5) is 0 Å². The van der Waals surface area contributed by atoms with Crippen molar-refractivity contribution in [3.8, 4) is 6.07 Å². The molecule has 0 radical (unpaired) electrons. The second kappa shape index (κ2) is 7.66. The zero-order valence-electron chi connectivity index (χ0n) is 13.3. The van der Waals surface area contributed by atoms with Crippen molar-refractivity contribution in [2.75, 3.05) is 13.1 Å². The van der Waals surface area contributed by atoms with Crippen molar-refractivity contribution in [2.24, 2.45) is 0 Å². The van der Waals surface area contributed by atoms with Crippen molar-refractivity contribution in [1.82, 2.24) is 14.9 Å². The summed E-state index contributed by atoms with van der Waals surface area (Å²) in [5.41, 5.74) is 1.69. The topological polar surface area (TPSA) is 79.1 Å². The molecule has 0 unspecified atom stereocenters. The molecule has 122 valence electrons. The van der Waals surface area contributed by atoms with Gasteiger partial charge in [0.2, 0.25) is 0 Å². The third kappa shape index (κ3) is 3.94. The minimum absolute atomic E-state index is 0.0102. The fourth-order valence-electron chi connectivity index (χ4n) is 2.71. The van der Waals surface area contributed by atoms with Crippen LogP contribution in [0.5, 0.6) is 0 Å². The van der Waals surface area contributed by atoms with E-state index in [0.717, 1.165) is 18.5 Å². The predicted molar refractivity (Wildman–Crippen MR) is 86.9 cm³/mol. The standard InChI is InChI=1S/C18H18N4O2/c19-10-15-7-6-14(11-21-15)18(23)22-9-3-5-17(12-22)24-13-16-4-1-2-8-20-16/h1-2,4,6-8,11,17H,3,5,9,12-13H2/t17-/m0/s1. The molecule has 1 aliphatic rings. The Kier molecular flexibility index (Phi) is 5.14. The Hall–Kier alpha value is -2.78. The predicted octanol–water partition coefficient (Wildman–Crippen LogP) is 2.17. The molecule has 1 aliphatic heterocycles. The van der Waals surface area contributed by atoms with Crippen LogP contribution >= 0.6 is 0 Å². The molecule has 0 N–H and O–H groups in total. The third-order valence-electron chi connectivity index (χ3n) is 3.98. The summed E-state index contributed by atoms with van der Waals surface area (Å²) in [6.07, 6.45) is 5.05. The first-order chi connectivity index (χ1) is 11.8. The summed E-state index contributed by atoms with van der Waals surface area (Å²) >= 11 is 0. The number of nitriles is 1. The molecule has 1 fully saturated rings. The number of piperidine rings is 1. The highest BCUT2D eigenvalue weighted by atomic mass is 16.5. The molecule has 0 aromatic carbocycles. The largest absolute Gasteiger partial charge is 0.370 e. The minimum atomic E-state index is -0.0712. The van der Waals surface area contributed by atoms with Gasteiger partial charge in [-0.3, -0.25) is 9.78 Å². The van der Waals surface area contributed by atoms with Crippen molar-refractivity contribution in [3.63, 3.8) is 0 Å². The highest BCUT2D eigenvalue weighted by Gasteiger charge is 2.25. The SMILES string of the molecule is N#Cc1ccc(C(=O)N2CCC[C@H](OCc3ccccn3)C2)cn1. The second-order valence-corrected chi connectivity index (χ2v) is 5.69. The Morgan fingerprint density at radius 2 is 2.25 bits per heavy atom. The lowest BCUT2D eigenvalue weighted by atomic mass is 10.1. The van der Waals surface area contributed by atoms with Crippen LogP contribution in [0.25, 0.3) is 0 Å². The molecule has 6 nitrogen and oxygen atoms in total. The van der Waals surface area contributed by atoms with Crippen LogP contribution < -0.4 is 0 Å². The summed E-state index contributed by atoms with van der Waals surface area (Å²) in [6, 6.07) is 10.9. The first kappa shape index (κ1) is 16.1. The molecular formula is C18H18N4O2. The van der Waals surface area contributed by atoms with E-state index in [1.54, 1.807) is 23.2 Å². The van der Waals surface area contributed by atoms with E-state index in [2.05, 4.69) is 9.97 Å². The Labute approximate surface area is 140 Å². The van der Waals surface area contributed by atoms with E-state index < -0.39 is 0 Å². The Morgan fingerprint density at radius 1 is 1.33 bits per heavy atom. The fourth-order valence-corrected chi connectivity index (χ4v) is 2.71. The van der Waals surface area contributed by atoms with Crippen LogP contribution in [-0.4, -0.2) is 40.0 Å². The number of pyridine rings is 2. The maximum absolute atomic E-state index is 12.6. The molecular weight excluding hydrogens is 304 g/mol. The summed E-state index contributed by atoms with van der Waals surface area (Å²) < 4.78 is 5.91. The molecule has 0 spiro atoms. The van der Waals surface area contributed by atoms with Gasteiger partial charge in [-0.25, -0.2) is 4.98 Å². The third-order valence-corrected chi connectivity index (χ3v) is 3.98. The number of hydrogen-bond donors (Lipinski definition) is 0. The number of ether oxygens (including phenoxy) is 1. The molecule has 0 bridgehead atoms. The van der Waals surface area contributed by atoms with E-state index >= 15 is 0 Å². The number of hydrogen-bond acceptors (Lipinski definition) is 5. The quantitative estimate of drug-likeness (QED) is 0.862. The van der Waals surface area contributed by atoms with Gasteiger partial charge >= 0.3 is 0 Å². The molecule has 1 atom stereocenters. The maximum atomic E-state index is 12.6. The number of likely N-dealkylation sites (tertiary alicyclic amines) is 1. The van der Waals surface area contributed by atoms with Gasteiger partial charge in [-0.05, 0) is 37.1 Å². The zero-order chi connectivity index (χ0) is 16.8. The average Bonchev–Trinajstić information content (AvgIpc) is 2.67. The molecule has 0 aliphatic carbocycles. The number of rotatable bonds is 4. The molecule has 1 amide bonds. The first-order valence-corrected chi connectivity index (χ1v) is 7.93. The first-order valence-electron chi connectivity index (χ1n) is 7.93. The summed E-state index contributed by atoms with van der Waals surface area (Å²) in [6.45, 7) is 1.72. The van der Waals surface area contributed by atoms with Gasteiger partial charge in [-0.2, -0.15) is 5.26 Å². The van der Waals surface area contributed by atoms with Gasteiger partial charge in [0.15, 0.2) is 0 Å². The minimum Gasteiger partial charge on any atom is -0.370 e. The number of carbonyl (C=O) groups is 1. The lowest BCUT2D eigenvalue weighted by Gasteiger charge is -2.32. The summed E-state index contributed by atoms with van der Waals surface area (Å²) in [5, 5.41) is 8.77. The van der Waals surface area contributed by atoms with Crippen molar-refractivity contribution in [1.29, 1.82) is 5.26 Å². The Morgan fingerprint density at radius 3 is 2.96 bits per heavy atom. The highest BCUT2D eigenvalue weighted by molar-refractivity contribution is 5.94. The van der Waals surface area contributed by atoms with Gasteiger partial charge in [0, 0.05) is 25.5 Å². The summed E-state index contributed by atoms with van der Waals surface area (Å²) in [5.74, 6) is -0.0712. The maximum Gasteiger partial charge on any atom is 0.255 e. The Bertz CT molecular complexity index is 725. The van der Waals surface area contributed by atoms with E-state index in [-0.39, 0.29) is 12.0 Å². The van der Waals surface area contributed by atoms with E-state index in [1.165, 1.54) is 6.20 Å². The van der Waals surface area contributed by atoms with Gasteiger partial charge in [0.05, 0.1) is 24.0 Å². The molecule has 1 saturated heterocycles. The van der Waals surface area contributed by atoms with Crippen LogP contribution in [0.3, 0.4) is 0 Å². The van der Waals surface area contributed by atoms with Gasteiger partial charge < -0.3 is 9.64 Å². The lowest BCUT2D eigenvalue weighted by molar-refractivity contribution is -0.00786. The molecule has 6 heteroatoms. The van der Waals surface area contributed by atoms with E-state index in [9.17, 15) is 4.79 Å². The van der Waals surface area contributed by atoms with Crippen molar-refractivity contribution in [2.45, 2.75) is 25.6 Å². The van der Waals surface area contributed by atoms with Crippen LogP contribution in [0, 0.1) is 11.3 Å². The normalized spacial score (nSPS) is 17.3. The van der Waals surface area contributed by atoms with Crippen LogP contribution in [-0.2, 0) is 11.3 Å². The highest BCUT2D eigenvalue weighted by Crippen LogP contribution is 2.17. The van der Waals surface area contributed by atoms with E-state index in [1.807, 2.05) is 24.3 Å². The molecule has 2 aromatic rings. The van der Waals surface area contributed by atoms with Gasteiger partial charge in [0.25, 0.3) is 5.91 Å². The van der Waals surface area contributed by atoms with Crippen molar-refractivity contribution >= 4 is 5.91 Å². The number of amides is 1. The fraction of sp³-hybridized carbons (Fsp3) is 0.333. The second-order valence-electron chi connectivity index (χ2n) is 5.69. The Balaban J connectivity index is 1.58. The molecule has 0 saturated carbocycles. The van der Waals surface area contributed by atoms with E-state index in [4.69, 9.17) is 10.00 Å². The van der Waals surface area contributed by atoms with Gasteiger partial charge in [0.1, 0.15) is 11.8 Å². The monoisotopic (exact) mass is 322 g/mol. The van der Waals surface area contributed by atoms with E-state index in [0.29, 0.717) is 31.0 Å². The number of carbonyl (C=O) groups excluding carboxylic acids is 1. The number of nitrogens with zero attached hydrogens (tertiary/aromatic N) is 4.